The second-order valence-electron chi connectivity index (χ2n) is 26.0. The summed E-state index contributed by atoms with van der Waals surface area (Å²) < 4.78 is 68.4. The molecular formula is C81H92O25. The second-order valence-corrected chi connectivity index (χ2v) is 26.0. The van der Waals surface area contributed by atoms with Crippen LogP contribution in [0.5, 0.6) is 92.0 Å². The number of methoxy groups -OCH3 is 9. The van der Waals surface area contributed by atoms with Crippen molar-refractivity contribution in [1.82, 2.24) is 0 Å². The molecule has 4 heterocycles. The maximum Gasteiger partial charge on any atom is 0.309 e. The maximum absolute atomic E-state index is 12.3. The molecule has 106 heavy (non-hydrogen) atoms. The summed E-state index contributed by atoms with van der Waals surface area (Å²) in [7, 11) is 13.6. The molecule has 0 aromatic heterocycles. The van der Waals surface area contributed by atoms with Crippen molar-refractivity contribution < 1.29 is 122 Å². The van der Waals surface area contributed by atoms with Crippen LogP contribution in [0.3, 0.4) is 0 Å². The van der Waals surface area contributed by atoms with Crippen molar-refractivity contribution in [2.75, 3.05) is 97.0 Å². The molecule has 566 valence electrons. The Labute approximate surface area is 614 Å². The SMILES string of the molecule is COc1cc(C[C@@H]2C(=O)OC[C@H]2[C@H](O)c2ccc(O)c(OC)c2)ccc1O.COc1cc(C[C@@H]2COC(=O)[C@H]2Cc2ccc(O)c(OC)c2)ccc1O.COc1cc(C[C@@H]2CO[C@@H](c3ccc(O)c(OC)c3)[C@@H]2CO)ccc1O.COc1cc(C[C@H]2C(=O)OC[C@@H]2Cc2ccc(OC)c(OC)c2)ccc1O. The highest BCUT2D eigenvalue weighted by Crippen LogP contribution is 2.45. The number of hydrogen-bond donors (Lipinski definition) is 9. The summed E-state index contributed by atoms with van der Waals surface area (Å²) in [6.07, 6.45) is 2.20. The van der Waals surface area contributed by atoms with Gasteiger partial charge in [0.2, 0.25) is 0 Å². The number of ether oxygens (including phenoxy) is 13. The summed E-state index contributed by atoms with van der Waals surface area (Å²) >= 11 is 0. The smallest absolute Gasteiger partial charge is 0.309 e. The highest BCUT2D eigenvalue weighted by Gasteiger charge is 2.43. The Morgan fingerprint density at radius 1 is 0.340 bits per heavy atom. The van der Waals surface area contributed by atoms with E-state index in [0.29, 0.717) is 110 Å². The van der Waals surface area contributed by atoms with E-state index < -0.39 is 17.9 Å². The van der Waals surface area contributed by atoms with Crippen LogP contribution < -0.4 is 42.6 Å². The number of phenols is 7. The van der Waals surface area contributed by atoms with E-state index in [0.717, 1.165) is 38.9 Å². The first-order chi connectivity index (χ1) is 51.1. The molecule has 10 atom stereocenters. The van der Waals surface area contributed by atoms with Gasteiger partial charge in [-0.05, 0) is 186 Å². The van der Waals surface area contributed by atoms with Crippen molar-refractivity contribution >= 4 is 17.9 Å². The summed E-state index contributed by atoms with van der Waals surface area (Å²) in [5.74, 6) is 2.15. The standard InChI is InChI=1S/C21H24O6.C20H22O7.C20H22O6.C20H24O6/c1-24-18-7-5-13(11-20(18)26-3)8-15-12-27-21(23)16(15)9-14-4-6-17(22)19(10-14)25-2;1-25-17-8-11(3-5-15(17)21)7-13-14(10-27-20(13)24)19(23)12-4-6-16(22)18(9-12)26-2;1-24-18-9-12(3-5-16(18)21)7-14-11-26-20(23)15(14)8-13-4-6-17(22)19(10-13)25-2;1-24-18-8-12(3-5-16(18)22)7-14-11-26-20(15(14)10-21)13-4-6-17(23)19(9-13)25-2/h4-7,10-11,15-16,22H,8-9,12H2,1-3H3;3-6,8-9,13-14,19,21-23H,7,10H2,1-2H3;3-6,9-10,14-15,21-22H,7-8,11H2,1-2H3;3-6,8-9,14-15,20-23H,7,10-11H2,1-2H3/t15-,16+;13-,14+,19+;14-,15+;14-,15-,20+/m0011/s1. The highest BCUT2D eigenvalue weighted by molar-refractivity contribution is 5.76. The van der Waals surface area contributed by atoms with Crippen LogP contribution in [0.1, 0.15) is 56.7 Å². The Bertz CT molecular complexity index is 4290. The van der Waals surface area contributed by atoms with Gasteiger partial charge in [-0.25, -0.2) is 0 Å². The summed E-state index contributed by atoms with van der Waals surface area (Å²) in [6, 6.07) is 41.0. The van der Waals surface area contributed by atoms with Crippen LogP contribution in [0.25, 0.3) is 0 Å². The highest BCUT2D eigenvalue weighted by atomic mass is 16.6. The normalized spacial score (nSPS) is 20.1. The van der Waals surface area contributed by atoms with Crippen LogP contribution in [-0.2, 0) is 71.9 Å². The summed E-state index contributed by atoms with van der Waals surface area (Å²) in [4.78, 5) is 36.7. The third-order valence-corrected chi connectivity index (χ3v) is 19.6. The first-order valence-electron chi connectivity index (χ1n) is 34.2. The molecule has 12 rings (SSSR count). The lowest BCUT2D eigenvalue weighted by Gasteiger charge is -2.22. The molecule has 8 aromatic rings. The van der Waals surface area contributed by atoms with Gasteiger partial charge in [0.05, 0.1) is 120 Å². The number of benzene rings is 8. The number of aromatic hydroxyl groups is 7. The number of carbonyl (C=O) groups excluding carboxylic acids is 3. The van der Waals surface area contributed by atoms with Gasteiger partial charge in [0.1, 0.15) is 0 Å². The van der Waals surface area contributed by atoms with E-state index in [4.69, 9.17) is 61.6 Å². The van der Waals surface area contributed by atoms with E-state index >= 15 is 0 Å². The third-order valence-electron chi connectivity index (χ3n) is 19.6. The number of cyclic esters (lactones) is 3. The van der Waals surface area contributed by atoms with Crippen LogP contribution in [0.4, 0.5) is 0 Å². The predicted octanol–water partition coefficient (Wildman–Crippen LogP) is 10.5. The minimum atomic E-state index is -0.963. The quantitative estimate of drug-likeness (QED) is 0.0190. The van der Waals surface area contributed by atoms with E-state index in [9.17, 15) is 60.3 Å². The molecule has 9 N–H and O–H groups in total. The fourth-order valence-corrected chi connectivity index (χ4v) is 13.7. The van der Waals surface area contributed by atoms with Crippen molar-refractivity contribution in [1.29, 1.82) is 0 Å². The molecule has 25 nitrogen and oxygen atoms in total. The Kier molecular flexibility index (Phi) is 27.6. The fraction of sp³-hybridized carbons (Fsp3) is 0.370. The van der Waals surface area contributed by atoms with Crippen LogP contribution >= 0.6 is 0 Å². The number of carbonyl (C=O) groups is 3. The Balaban J connectivity index is 0.000000163. The fourth-order valence-electron chi connectivity index (χ4n) is 13.7. The lowest BCUT2D eigenvalue weighted by atomic mass is 9.83. The van der Waals surface area contributed by atoms with E-state index in [1.807, 2.05) is 30.3 Å². The molecule has 0 unspecified atom stereocenters. The number of aliphatic hydroxyl groups is 2. The van der Waals surface area contributed by atoms with Gasteiger partial charge in [-0.2, -0.15) is 0 Å². The van der Waals surface area contributed by atoms with E-state index in [1.54, 1.807) is 117 Å². The van der Waals surface area contributed by atoms with Gasteiger partial charge in [0.15, 0.2) is 92.0 Å². The molecule has 4 saturated heterocycles. The Morgan fingerprint density at radius 2 is 0.651 bits per heavy atom. The molecule has 8 aromatic carbocycles. The van der Waals surface area contributed by atoms with Crippen molar-refractivity contribution in [3.63, 3.8) is 0 Å². The van der Waals surface area contributed by atoms with Crippen molar-refractivity contribution in [3.05, 3.63) is 190 Å². The van der Waals surface area contributed by atoms with Gasteiger partial charge in [0, 0.05) is 30.3 Å². The topological polar surface area (TPSA) is 353 Å². The van der Waals surface area contributed by atoms with Crippen LogP contribution in [0, 0.1) is 47.3 Å². The van der Waals surface area contributed by atoms with E-state index in [-0.39, 0.29) is 119 Å². The molecule has 25 heteroatoms. The lowest BCUT2D eigenvalue weighted by Crippen LogP contribution is -2.24. The summed E-state index contributed by atoms with van der Waals surface area (Å²) in [5.41, 5.74) is 7.04. The minimum absolute atomic E-state index is 0.00621. The number of esters is 3. The van der Waals surface area contributed by atoms with Gasteiger partial charge < -0.3 is 108 Å². The van der Waals surface area contributed by atoms with Crippen molar-refractivity contribution in [2.24, 2.45) is 47.3 Å². The van der Waals surface area contributed by atoms with Gasteiger partial charge in [0.25, 0.3) is 0 Å². The van der Waals surface area contributed by atoms with Crippen LogP contribution in [0.15, 0.2) is 146 Å². The zero-order valence-electron chi connectivity index (χ0n) is 60.5. The van der Waals surface area contributed by atoms with Crippen molar-refractivity contribution in [3.8, 4) is 92.0 Å². The summed E-state index contributed by atoms with van der Waals surface area (Å²) in [6.45, 7) is 1.37. The van der Waals surface area contributed by atoms with Gasteiger partial charge >= 0.3 is 17.9 Å². The monoisotopic (exact) mass is 1460 g/mol. The third kappa shape index (κ3) is 19.4. The minimum Gasteiger partial charge on any atom is -0.504 e. The second kappa shape index (κ2) is 37.0. The van der Waals surface area contributed by atoms with E-state index in [2.05, 4.69) is 0 Å². The Morgan fingerprint density at radius 3 is 1.05 bits per heavy atom. The first kappa shape index (κ1) is 79.0. The predicted molar refractivity (Wildman–Crippen MR) is 386 cm³/mol. The molecule has 0 spiro atoms. The first-order valence-corrected chi connectivity index (χ1v) is 34.2. The maximum atomic E-state index is 12.3. The molecule has 4 aliphatic heterocycles. The zero-order chi connectivity index (χ0) is 76.3. The molecule has 0 bridgehead atoms. The van der Waals surface area contributed by atoms with Crippen LogP contribution in [-0.4, -0.2) is 161 Å². The van der Waals surface area contributed by atoms with Gasteiger partial charge in [-0.15, -0.1) is 0 Å². The molecule has 4 fully saturated rings. The molecule has 0 radical (unpaired) electrons. The number of rotatable bonds is 25. The van der Waals surface area contributed by atoms with Crippen LogP contribution in [0.2, 0.25) is 0 Å². The largest absolute Gasteiger partial charge is 0.504 e. The number of hydrogen-bond acceptors (Lipinski definition) is 25. The summed E-state index contributed by atoms with van der Waals surface area (Å²) in [5, 5.41) is 88.9. The zero-order valence-corrected chi connectivity index (χ0v) is 60.5. The molecule has 0 amide bonds. The Hall–Kier alpha value is -11.2. The number of aliphatic hydroxyl groups excluding tert-OH is 2. The average Bonchev–Trinajstić information content (AvgIpc) is 1.61. The molecular weight excluding hydrogens is 1370 g/mol. The van der Waals surface area contributed by atoms with E-state index in [1.165, 1.54) is 61.9 Å². The van der Waals surface area contributed by atoms with Crippen molar-refractivity contribution in [2.45, 2.75) is 50.7 Å². The molecule has 0 saturated carbocycles. The van der Waals surface area contributed by atoms with Gasteiger partial charge in [-0.3, -0.25) is 14.4 Å². The lowest BCUT2D eigenvalue weighted by molar-refractivity contribution is -0.142. The van der Waals surface area contributed by atoms with Gasteiger partial charge in [-0.1, -0.05) is 48.5 Å². The molecule has 0 aliphatic carbocycles. The average molecular weight is 1470 g/mol. The molecule has 4 aliphatic rings. The number of phenolic OH excluding ortho intramolecular Hbond substituents is 7.